The molecule has 0 radical (unpaired) electrons. The highest BCUT2D eigenvalue weighted by atomic mass is 79.9. The first-order valence-corrected chi connectivity index (χ1v) is 6.90. The van der Waals surface area contributed by atoms with Crippen molar-refractivity contribution in [3.63, 3.8) is 0 Å². The molecule has 1 aliphatic rings. The minimum atomic E-state index is 0. The number of piperazine rings is 1. The number of phenolic OH excluding ortho intramolecular Hbond substituents is 1. The van der Waals surface area contributed by atoms with E-state index in [0.717, 1.165) is 31.7 Å². The van der Waals surface area contributed by atoms with Crippen LogP contribution in [0.5, 0.6) is 5.75 Å². The molecule has 0 saturated carbocycles. The van der Waals surface area contributed by atoms with E-state index in [1.807, 2.05) is 12.1 Å². The number of halogens is 4. The Hall–Kier alpha value is 0.290. The van der Waals surface area contributed by atoms with Gasteiger partial charge in [-0.1, -0.05) is 17.7 Å². The van der Waals surface area contributed by atoms with E-state index in [4.69, 9.17) is 11.6 Å². The van der Waals surface area contributed by atoms with E-state index < -0.39 is 0 Å². The van der Waals surface area contributed by atoms with Crippen LogP contribution in [0.4, 0.5) is 0 Å². The number of hydrogen-bond donors (Lipinski definition) is 2. The summed E-state index contributed by atoms with van der Waals surface area (Å²) >= 11 is 9.26. The van der Waals surface area contributed by atoms with Gasteiger partial charge in [-0.05, 0) is 28.9 Å². The van der Waals surface area contributed by atoms with Crippen molar-refractivity contribution in [3.05, 3.63) is 27.2 Å². The average Bonchev–Trinajstić information content (AvgIpc) is 2.36. The van der Waals surface area contributed by atoms with Crippen LogP contribution in [0, 0.1) is 0 Å². The molecule has 0 amide bonds. The van der Waals surface area contributed by atoms with Crippen LogP contribution in [-0.4, -0.2) is 36.2 Å². The van der Waals surface area contributed by atoms with Crippen LogP contribution in [-0.2, 0) is 0 Å². The summed E-state index contributed by atoms with van der Waals surface area (Å²) in [5, 5.41) is 14.0. The van der Waals surface area contributed by atoms with Crippen molar-refractivity contribution in [2.24, 2.45) is 0 Å². The summed E-state index contributed by atoms with van der Waals surface area (Å²) in [5.41, 5.74) is 0.920. The molecule has 110 valence electrons. The van der Waals surface area contributed by atoms with E-state index in [1.54, 1.807) is 0 Å². The summed E-state index contributed by atoms with van der Waals surface area (Å²) < 4.78 is 0.582. The second-order valence-electron chi connectivity index (χ2n) is 4.26. The minimum absolute atomic E-state index is 0. The molecule has 1 atom stereocenters. The molecule has 1 aromatic carbocycles. The Kier molecular flexibility index (Phi) is 8.68. The van der Waals surface area contributed by atoms with Gasteiger partial charge in [0.15, 0.2) is 0 Å². The summed E-state index contributed by atoms with van der Waals surface area (Å²) in [6.45, 7) is 6.11. The van der Waals surface area contributed by atoms with Crippen LogP contribution in [0.3, 0.4) is 0 Å². The Bertz CT molecular complexity index is 414. The standard InChI is InChI=1S/C12H16BrClN2O.2ClH/c1-8(16-6-4-15-5-7-16)9-2-3-10(14)11(13)12(9)17;;/h2-3,8,15,17H,4-7H2,1H3;2*1H/t8-;;/m1../s1. The Morgan fingerprint density at radius 1 is 1.32 bits per heavy atom. The van der Waals surface area contributed by atoms with Gasteiger partial charge in [-0.3, -0.25) is 4.90 Å². The summed E-state index contributed by atoms with van der Waals surface area (Å²) in [4.78, 5) is 2.35. The number of aromatic hydroxyl groups is 1. The molecule has 2 rings (SSSR count). The lowest BCUT2D eigenvalue weighted by molar-refractivity contribution is 0.183. The average molecular weight is 393 g/mol. The molecule has 0 unspecified atom stereocenters. The van der Waals surface area contributed by atoms with Crippen LogP contribution in [0.25, 0.3) is 0 Å². The molecule has 19 heavy (non-hydrogen) atoms. The molecule has 0 aliphatic carbocycles. The minimum Gasteiger partial charge on any atom is -0.506 e. The lowest BCUT2D eigenvalue weighted by Crippen LogP contribution is -2.44. The highest BCUT2D eigenvalue weighted by molar-refractivity contribution is 9.10. The Balaban J connectivity index is 0.00000162. The molecule has 0 aromatic heterocycles. The van der Waals surface area contributed by atoms with Crippen LogP contribution in [0.1, 0.15) is 18.5 Å². The molecule has 1 heterocycles. The fourth-order valence-electron chi connectivity index (χ4n) is 2.16. The summed E-state index contributed by atoms with van der Waals surface area (Å²) in [7, 11) is 0. The molecular weight excluding hydrogens is 374 g/mol. The number of benzene rings is 1. The predicted molar refractivity (Wildman–Crippen MR) is 88.2 cm³/mol. The molecule has 0 spiro atoms. The SMILES string of the molecule is C[C@H](c1ccc(Cl)c(Br)c1O)N1CCNCC1.Cl.Cl. The Labute approximate surface area is 139 Å². The van der Waals surface area contributed by atoms with Crippen molar-refractivity contribution in [2.75, 3.05) is 26.2 Å². The smallest absolute Gasteiger partial charge is 0.136 e. The first-order valence-electron chi connectivity index (χ1n) is 5.73. The fraction of sp³-hybridized carbons (Fsp3) is 0.500. The highest BCUT2D eigenvalue weighted by Crippen LogP contribution is 2.38. The lowest BCUT2D eigenvalue weighted by atomic mass is 10.1. The molecular formula is C12H18BrCl3N2O. The topological polar surface area (TPSA) is 35.5 Å². The lowest BCUT2D eigenvalue weighted by Gasteiger charge is -2.33. The molecule has 1 fully saturated rings. The first-order chi connectivity index (χ1) is 8.11. The zero-order chi connectivity index (χ0) is 12.4. The van der Waals surface area contributed by atoms with Gasteiger partial charge < -0.3 is 10.4 Å². The summed E-state index contributed by atoms with van der Waals surface area (Å²) in [6.07, 6.45) is 0. The van der Waals surface area contributed by atoms with Gasteiger partial charge in [-0.2, -0.15) is 0 Å². The van der Waals surface area contributed by atoms with Gasteiger partial charge in [0.05, 0.1) is 9.50 Å². The first kappa shape index (κ1) is 19.3. The van der Waals surface area contributed by atoms with E-state index in [2.05, 4.69) is 33.1 Å². The Morgan fingerprint density at radius 3 is 2.47 bits per heavy atom. The molecule has 7 heteroatoms. The van der Waals surface area contributed by atoms with E-state index >= 15 is 0 Å². The maximum absolute atomic E-state index is 10.1. The number of nitrogens with zero attached hydrogens (tertiary/aromatic N) is 1. The van der Waals surface area contributed by atoms with Crippen LogP contribution < -0.4 is 5.32 Å². The predicted octanol–water partition coefficient (Wildman–Crippen LogP) is 3.62. The van der Waals surface area contributed by atoms with Crippen molar-refractivity contribution >= 4 is 52.3 Å². The van der Waals surface area contributed by atoms with Gasteiger partial charge in [0.1, 0.15) is 5.75 Å². The van der Waals surface area contributed by atoms with Crippen molar-refractivity contribution in [1.82, 2.24) is 10.2 Å². The van der Waals surface area contributed by atoms with Gasteiger partial charge in [-0.15, -0.1) is 24.8 Å². The third kappa shape index (κ3) is 4.38. The summed E-state index contributed by atoms with van der Waals surface area (Å²) in [5.74, 6) is 0.253. The maximum atomic E-state index is 10.1. The Morgan fingerprint density at radius 2 is 1.89 bits per heavy atom. The van der Waals surface area contributed by atoms with Gasteiger partial charge >= 0.3 is 0 Å². The molecule has 1 saturated heterocycles. The normalized spacial score (nSPS) is 17.2. The van der Waals surface area contributed by atoms with Crippen molar-refractivity contribution in [2.45, 2.75) is 13.0 Å². The van der Waals surface area contributed by atoms with Gasteiger partial charge in [0, 0.05) is 37.8 Å². The summed E-state index contributed by atoms with van der Waals surface area (Å²) in [6, 6.07) is 3.92. The van der Waals surface area contributed by atoms with Gasteiger partial charge in [0.2, 0.25) is 0 Å². The van der Waals surface area contributed by atoms with Gasteiger partial charge in [0.25, 0.3) is 0 Å². The van der Waals surface area contributed by atoms with E-state index in [0.29, 0.717) is 9.50 Å². The molecule has 3 nitrogen and oxygen atoms in total. The molecule has 0 bridgehead atoms. The fourth-order valence-corrected chi connectivity index (χ4v) is 2.67. The number of hydrogen-bond acceptors (Lipinski definition) is 3. The van der Waals surface area contributed by atoms with Crippen molar-refractivity contribution in [1.29, 1.82) is 0 Å². The molecule has 1 aliphatic heterocycles. The van der Waals surface area contributed by atoms with E-state index in [-0.39, 0.29) is 36.6 Å². The third-order valence-corrected chi connectivity index (χ3v) is 4.60. The quantitative estimate of drug-likeness (QED) is 0.807. The number of nitrogens with one attached hydrogen (secondary N) is 1. The largest absolute Gasteiger partial charge is 0.506 e. The van der Waals surface area contributed by atoms with Crippen molar-refractivity contribution < 1.29 is 5.11 Å². The number of rotatable bonds is 2. The molecule has 2 N–H and O–H groups in total. The maximum Gasteiger partial charge on any atom is 0.136 e. The monoisotopic (exact) mass is 390 g/mol. The second kappa shape index (κ2) is 8.55. The number of phenols is 1. The zero-order valence-corrected chi connectivity index (χ0v) is 14.5. The van der Waals surface area contributed by atoms with Crippen LogP contribution in [0.15, 0.2) is 16.6 Å². The van der Waals surface area contributed by atoms with Crippen LogP contribution >= 0.6 is 52.3 Å². The third-order valence-electron chi connectivity index (χ3n) is 3.25. The second-order valence-corrected chi connectivity index (χ2v) is 5.46. The van der Waals surface area contributed by atoms with Gasteiger partial charge in [-0.25, -0.2) is 0 Å². The van der Waals surface area contributed by atoms with E-state index in [1.165, 1.54) is 0 Å². The van der Waals surface area contributed by atoms with Crippen molar-refractivity contribution in [3.8, 4) is 5.75 Å². The van der Waals surface area contributed by atoms with E-state index in [9.17, 15) is 5.11 Å². The highest BCUT2D eigenvalue weighted by Gasteiger charge is 2.21. The zero-order valence-electron chi connectivity index (χ0n) is 10.5. The molecule has 1 aromatic rings. The van der Waals surface area contributed by atoms with Crippen LogP contribution in [0.2, 0.25) is 5.02 Å².